The van der Waals surface area contributed by atoms with Crippen molar-refractivity contribution >= 4 is 22.6 Å². The van der Waals surface area contributed by atoms with Gasteiger partial charge in [0.05, 0.1) is 12.1 Å². The third-order valence-corrected chi connectivity index (χ3v) is 3.65. The van der Waals surface area contributed by atoms with Gasteiger partial charge in [0.25, 0.3) is 0 Å². The average Bonchev–Trinajstić information content (AvgIpc) is 2.76. The van der Waals surface area contributed by atoms with Crippen molar-refractivity contribution in [3.05, 3.63) is 76.5 Å². The fourth-order valence-electron chi connectivity index (χ4n) is 2.45. The Morgan fingerprint density at radius 2 is 1.95 bits per heavy atom. The minimum absolute atomic E-state index is 0.108. The molecular formula is C16H14ClN3O. The summed E-state index contributed by atoms with van der Waals surface area (Å²) in [6.45, 7) is 4.61. The third kappa shape index (κ3) is 2.38. The van der Waals surface area contributed by atoms with Crippen LogP contribution in [0.2, 0.25) is 5.15 Å². The number of nitrogens with zero attached hydrogens (tertiary/aromatic N) is 3. The normalized spacial score (nSPS) is 10.9. The molecule has 21 heavy (non-hydrogen) atoms. The summed E-state index contributed by atoms with van der Waals surface area (Å²) in [5.41, 5.74) is 2.37. The molecular weight excluding hydrogens is 286 g/mol. The number of fused-ring (bicyclic) bond motifs is 1. The van der Waals surface area contributed by atoms with Crippen LogP contribution in [0.25, 0.3) is 11.0 Å². The van der Waals surface area contributed by atoms with E-state index in [0.717, 1.165) is 11.1 Å². The second-order valence-electron chi connectivity index (χ2n) is 4.72. The van der Waals surface area contributed by atoms with E-state index < -0.39 is 0 Å². The topological polar surface area (TPSA) is 39.8 Å². The molecule has 0 bridgehead atoms. The lowest BCUT2D eigenvalue weighted by Crippen LogP contribution is -2.24. The maximum atomic E-state index is 12.6. The summed E-state index contributed by atoms with van der Waals surface area (Å²) in [6, 6.07) is 11.6. The van der Waals surface area contributed by atoms with Crippen LogP contribution in [0.3, 0.4) is 0 Å². The van der Waals surface area contributed by atoms with E-state index in [1.807, 2.05) is 30.3 Å². The fraction of sp³-hybridized carbons (Fsp3) is 0.125. The lowest BCUT2D eigenvalue weighted by Gasteiger charge is -2.04. The number of rotatable bonds is 4. The Kier molecular flexibility index (Phi) is 3.62. The van der Waals surface area contributed by atoms with E-state index in [1.54, 1.807) is 27.5 Å². The van der Waals surface area contributed by atoms with Crippen LogP contribution in [0.15, 0.2) is 60.0 Å². The molecule has 0 aliphatic carbocycles. The van der Waals surface area contributed by atoms with Crippen LogP contribution in [-0.4, -0.2) is 14.1 Å². The second kappa shape index (κ2) is 5.58. The number of pyridine rings is 1. The summed E-state index contributed by atoms with van der Waals surface area (Å²) in [7, 11) is 0. The maximum absolute atomic E-state index is 12.6. The largest absolute Gasteiger partial charge is 0.329 e. The standard InChI is InChI=1S/C16H14ClN3O/c1-2-10-19-13-8-9-18-15(17)14(13)20(16(19)21)11-12-6-4-3-5-7-12/h2-9H,1,10-11H2. The van der Waals surface area contributed by atoms with Gasteiger partial charge in [-0.15, -0.1) is 6.58 Å². The van der Waals surface area contributed by atoms with E-state index >= 15 is 0 Å². The Bertz CT molecular complexity index is 849. The lowest BCUT2D eigenvalue weighted by molar-refractivity contribution is 0.709. The van der Waals surface area contributed by atoms with Crippen molar-refractivity contribution in [1.29, 1.82) is 0 Å². The lowest BCUT2D eigenvalue weighted by atomic mass is 10.2. The van der Waals surface area contributed by atoms with Gasteiger partial charge in [0.15, 0.2) is 5.15 Å². The van der Waals surface area contributed by atoms with E-state index in [-0.39, 0.29) is 5.69 Å². The van der Waals surface area contributed by atoms with Crippen LogP contribution in [0.5, 0.6) is 0 Å². The van der Waals surface area contributed by atoms with Gasteiger partial charge in [-0.05, 0) is 11.6 Å². The van der Waals surface area contributed by atoms with E-state index in [0.29, 0.717) is 23.8 Å². The summed E-state index contributed by atoms with van der Waals surface area (Å²) in [5.74, 6) is 0. The van der Waals surface area contributed by atoms with Crippen molar-refractivity contribution in [2.75, 3.05) is 0 Å². The number of benzene rings is 1. The number of aromatic nitrogens is 3. The first-order chi connectivity index (χ1) is 10.2. The minimum Gasteiger partial charge on any atom is -0.288 e. The Labute approximate surface area is 126 Å². The zero-order valence-corrected chi connectivity index (χ0v) is 12.1. The van der Waals surface area contributed by atoms with Gasteiger partial charge in [-0.25, -0.2) is 9.78 Å². The molecule has 106 valence electrons. The van der Waals surface area contributed by atoms with Gasteiger partial charge >= 0.3 is 5.69 Å². The van der Waals surface area contributed by atoms with Crippen molar-refractivity contribution in [2.45, 2.75) is 13.1 Å². The first kappa shape index (κ1) is 13.6. The molecule has 3 aromatic rings. The van der Waals surface area contributed by atoms with Gasteiger partial charge in [0.1, 0.15) is 5.52 Å². The predicted molar refractivity (Wildman–Crippen MR) is 84.7 cm³/mol. The highest BCUT2D eigenvalue weighted by molar-refractivity contribution is 6.33. The molecule has 1 aromatic carbocycles. The highest BCUT2D eigenvalue weighted by atomic mass is 35.5. The number of allylic oxidation sites excluding steroid dienone is 1. The van der Waals surface area contributed by atoms with E-state index in [4.69, 9.17) is 11.6 Å². The summed E-state index contributed by atoms with van der Waals surface area (Å²) in [6.07, 6.45) is 3.30. The van der Waals surface area contributed by atoms with Gasteiger partial charge in [-0.3, -0.25) is 9.13 Å². The molecule has 2 heterocycles. The van der Waals surface area contributed by atoms with Crippen molar-refractivity contribution in [2.24, 2.45) is 0 Å². The van der Waals surface area contributed by atoms with E-state index in [9.17, 15) is 4.79 Å². The summed E-state index contributed by atoms with van der Waals surface area (Å²) < 4.78 is 3.31. The first-order valence-corrected chi connectivity index (χ1v) is 6.98. The predicted octanol–water partition coefficient (Wildman–Crippen LogP) is 3.09. The van der Waals surface area contributed by atoms with Crippen LogP contribution >= 0.6 is 11.6 Å². The van der Waals surface area contributed by atoms with E-state index in [1.165, 1.54) is 0 Å². The molecule has 3 rings (SSSR count). The fourth-order valence-corrected chi connectivity index (χ4v) is 2.70. The molecule has 5 heteroatoms. The molecule has 2 aromatic heterocycles. The Morgan fingerprint density at radius 3 is 2.67 bits per heavy atom. The van der Waals surface area contributed by atoms with Gasteiger partial charge in [0, 0.05) is 12.7 Å². The first-order valence-electron chi connectivity index (χ1n) is 6.60. The van der Waals surface area contributed by atoms with Crippen LogP contribution in [0.1, 0.15) is 5.56 Å². The summed E-state index contributed by atoms with van der Waals surface area (Å²) >= 11 is 6.20. The molecule has 0 aliphatic heterocycles. The molecule has 0 N–H and O–H groups in total. The third-order valence-electron chi connectivity index (χ3n) is 3.38. The molecule has 0 fully saturated rings. The molecule has 0 atom stereocenters. The Balaban J connectivity index is 2.24. The molecule has 0 aliphatic rings. The van der Waals surface area contributed by atoms with Crippen LogP contribution in [0, 0.1) is 0 Å². The monoisotopic (exact) mass is 299 g/mol. The van der Waals surface area contributed by atoms with E-state index in [2.05, 4.69) is 11.6 Å². The molecule has 0 saturated carbocycles. The summed E-state index contributed by atoms with van der Waals surface area (Å²) in [5, 5.41) is 0.336. The number of hydrogen-bond donors (Lipinski definition) is 0. The smallest absolute Gasteiger partial charge is 0.288 e. The zero-order valence-electron chi connectivity index (χ0n) is 11.4. The molecule has 0 unspecified atom stereocenters. The van der Waals surface area contributed by atoms with Gasteiger partial charge in [-0.1, -0.05) is 48.0 Å². The maximum Gasteiger partial charge on any atom is 0.329 e. The van der Waals surface area contributed by atoms with Crippen LogP contribution in [-0.2, 0) is 13.1 Å². The molecule has 4 nitrogen and oxygen atoms in total. The minimum atomic E-state index is -0.108. The highest BCUT2D eigenvalue weighted by Gasteiger charge is 2.15. The Hall–Kier alpha value is -2.33. The molecule has 0 saturated heterocycles. The zero-order chi connectivity index (χ0) is 14.8. The Morgan fingerprint density at radius 1 is 1.19 bits per heavy atom. The van der Waals surface area contributed by atoms with Gasteiger partial charge < -0.3 is 0 Å². The van der Waals surface area contributed by atoms with Crippen molar-refractivity contribution in [1.82, 2.24) is 14.1 Å². The van der Waals surface area contributed by atoms with Crippen molar-refractivity contribution in [3.63, 3.8) is 0 Å². The van der Waals surface area contributed by atoms with Crippen molar-refractivity contribution < 1.29 is 0 Å². The van der Waals surface area contributed by atoms with Gasteiger partial charge in [0.2, 0.25) is 0 Å². The average molecular weight is 300 g/mol. The molecule has 0 radical (unpaired) electrons. The summed E-state index contributed by atoms with van der Waals surface area (Å²) in [4.78, 5) is 16.7. The van der Waals surface area contributed by atoms with Crippen LogP contribution in [0.4, 0.5) is 0 Å². The number of hydrogen-bond acceptors (Lipinski definition) is 2. The SMILES string of the molecule is C=CCn1c(=O)n(Cc2ccccc2)c2c(Cl)nccc21. The number of imidazole rings is 1. The quantitative estimate of drug-likeness (QED) is 0.548. The van der Waals surface area contributed by atoms with Crippen LogP contribution < -0.4 is 5.69 Å². The second-order valence-corrected chi connectivity index (χ2v) is 5.08. The van der Waals surface area contributed by atoms with Gasteiger partial charge in [-0.2, -0.15) is 0 Å². The molecule has 0 spiro atoms. The van der Waals surface area contributed by atoms with Crippen molar-refractivity contribution in [3.8, 4) is 0 Å². The highest BCUT2D eigenvalue weighted by Crippen LogP contribution is 2.21. The number of halogens is 1. The molecule has 0 amide bonds.